The fourth-order valence-corrected chi connectivity index (χ4v) is 3.89. The smallest absolute Gasteiger partial charge is 0.316 e. The van der Waals surface area contributed by atoms with Crippen molar-refractivity contribution in [3.8, 4) is 0 Å². The van der Waals surface area contributed by atoms with E-state index in [1.54, 1.807) is 12.4 Å². The molecule has 2 amide bonds. The number of anilines is 1. The van der Waals surface area contributed by atoms with Crippen LogP contribution in [0.3, 0.4) is 0 Å². The minimum atomic E-state index is -0.0457. The first-order valence-corrected chi connectivity index (χ1v) is 9.24. The Labute approximate surface area is 148 Å². The van der Waals surface area contributed by atoms with E-state index in [4.69, 9.17) is 0 Å². The normalized spacial score (nSPS) is 22.0. The van der Waals surface area contributed by atoms with E-state index < -0.39 is 0 Å². The van der Waals surface area contributed by atoms with E-state index in [-0.39, 0.29) is 12.1 Å². The maximum absolute atomic E-state index is 13.0. The fraction of sp³-hybridized carbons (Fsp3) is 0.611. The molecule has 1 N–H and O–H groups in total. The molecule has 1 aliphatic heterocycles. The molecule has 2 unspecified atom stereocenters. The second kappa shape index (κ2) is 6.54. The molecule has 0 bridgehead atoms. The summed E-state index contributed by atoms with van der Waals surface area (Å²) in [5.41, 5.74) is 1.09. The van der Waals surface area contributed by atoms with Crippen LogP contribution in [-0.2, 0) is 7.05 Å². The number of amides is 2. The van der Waals surface area contributed by atoms with Crippen LogP contribution >= 0.6 is 0 Å². The zero-order valence-corrected chi connectivity index (χ0v) is 14.9. The minimum Gasteiger partial charge on any atom is -0.316 e. The van der Waals surface area contributed by atoms with Crippen LogP contribution in [0.5, 0.6) is 0 Å². The van der Waals surface area contributed by atoms with Gasteiger partial charge in [-0.3, -0.25) is 10.00 Å². The lowest BCUT2D eigenvalue weighted by molar-refractivity contribution is 0.159. The number of nitrogens with zero attached hydrogens (tertiary/aromatic N) is 5. The van der Waals surface area contributed by atoms with E-state index in [9.17, 15) is 4.79 Å². The second-order valence-electron chi connectivity index (χ2n) is 7.25. The zero-order chi connectivity index (χ0) is 17.4. The molecule has 2 aliphatic rings. The topological polar surface area (TPSA) is 68.0 Å². The largest absolute Gasteiger partial charge is 0.323 e. The lowest BCUT2D eigenvalue weighted by atomic mass is 10.00. The lowest BCUT2D eigenvalue weighted by Crippen LogP contribution is -2.42. The summed E-state index contributed by atoms with van der Waals surface area (Å²) in [4.78, 5) is 14.9. The molecule has 2 fully saturated rings. The van der Waals surface area contributed by atoms with E-state index in [1.807, 2.05) is 33.4 Å². The highest BCUT2D eigenvalue weighted by Crippen LogP contribution is 2.40. The highest BCUT2D eigenvalue weighted by molar-refractivity contribution is 5.88. The quantitative estimate of drug-likeness (QED) is 0.926. The molecular weight excluding hydrogens is 316 g/mol. The van der Waals surface area contributed by atoms with Crippen molar-refractivity contribution in [3.63, 3.8) is 0 Å². The van der Waals surface area contributed by atoms with E-state index in [2.05, 4.69) is 22.4 Å². The van der Waals surface area contributed by atoms with E-state index in [1.165, 1.54) is 12.8 Å². The Balaban J connectivity index is 1.52. The molecule has 2 atom stereocenters. The Morgan fingerprint density at radius 3 is 2.72 bits per heavy atom. The van der Waals surface area contributed by atoms with E-state index >= 15 is 0 Å². The summed E-state index contributed by atoms with van der Waals surface area (Å²) >= 11 is 0. The molecule has 7 heteroatoms. The first-order chi connectivity index (χ1) is 12.1. The molecule has 7 nitrogen and oxygen atoms in total. The van der Waals surface area contributed by atoms with Gasteiger partial charge in [0, 0.05) is 25.9 Å². The molecule has 4 rings (SSSR count). The number of nitrogens with one attached hydrogen (secondary N) is 1. The van der Waals surface area contributed by atoms with Crippen LogP contribution in [0.1, 0.15) is 56.8 Å². The van der Waals surface area contributed by atoms with Gasteiger partial charge in [0.1, 0.15) is 5.82 Å². The first kappa shape index (κ1) is 16.2. The van der Waals surface area contributed by atoms with Crippen LogP contribution < -0.4 is 5.32 Å². The Morgan fingerprint density at radius 2 is 2.00 bits per heavy atom. The number of hydrogen-bond acceptors (Lipinski definition) is 3. The molecule has 1 saturated heterocycles. The number of rotatable bonds is 4. The molecule has 25 heavy (non-hydrogen) atoms. The van der Waals surface area contributed by atoms with Gasteiger partial charge in [0.25, 0.3) is 0 Å². The van der Waals surface area contributed by atoms with Gasteiger partial charge in [0.05, 0.1) is 24.0 Å². The van der Waals surface area contributed by atoms with Gasteiger partial charge in [-0.05, 0) is 51.0 Å². The SMILES string of the molecule is CC(C1CC1)n1nccc1NC(=O)N1CCCCC1c1ccnn1C. The summed E-state index contributed by atoms with van der Waals surface area (Å²) in [5, 5.41) is 11.8. The van der Waals surface area contributed by atoms with Crippen LogP contribution in [0.4, 0.5) is 10.6 Å². The molecule has 0 aromatic carbocycles. The van der Waals surface area contributed by atoms with Crippen molar-refractivity contribution in [1.82, 2.24) is 24.5 Å². The van der Waals surface area contributed by atoms with E-state index in [0.717, 1.165) is 37.3 Å². The monoisotopic (exact) mass is 342 g/mol. The number of hydrogen-bond donors (Lipinski definition) is 1. The third-order valence-electron chi connectivity index (χ3n) is 5.56. The van der Waals surface area contributed by atoms with Crippen LogP contribution in [0.15, 0.2) is 24.5 Å². The molecule has 134 valence electrons. The van der Waals surface area contributed by atoms with Gasteiger partial charge in [-0.1, -0.05) is 0 Å². The second-order valence-corrected chi connectivity index (χ2v) is 7.25. The van der Waals surface area contributed by atoms with Crippen molar-refractivity contribution in [2.75, 3.05) is 11.9 Å². The summed E-state index contributed by atoms with van der Waals surface area (Å²) in [5.74, 6) is 1.48. The lowest BCUT2D eigenvalue weighted by Gasteiger charge is -2.35. The number of piperidine rings is 1. The number of carbonyl (C=O) groups excluding carboxylic acids is 1. The van der Waals surface area contributed by atoms with Gasteiger partial charge >= 0.3 is 6.03 Å². The molecule has 2 aromatic rings. The summed E-state index contributed by atoms with van der Waals surface area (Å²) in [6.07, 6.45) is 9.22. The third kappa shape index (κ3) is 3.15. The molecule has 1 aliphatic carbocycles. The van der Waals surface area contributed by atoms with E-state index in [0.29, 0.717) is 12.0 Å². The number of carbonyl (C=O) groups is 1. The zero-order valence-electron chi connectivity index (χ0n) is 14.9. The fourth-order valence-electron chi connectivity index (χ4n) is 3.89. The standard InChI is InChI=1S/C18H26N6O/c1-13(14-6-7-14)24-17(9-11-20-24)21-18(25)23-12-4-3-5-16(23)15-8-10-19-22(15)2/h8-11,13-14,16H,3-7,12H2,1-2H3,(H,21,25). The first-order valence-electron chi connectivity index (χ1n) is 9.24. The Kier molecular flexibility index (Phi) is 4.23. The Morgan fingerprint density at radius 1 is 1.20 bits per heavy atom. The molecule has 0 radical (unpaired) electrons. The molecule has 2 aromatic heterocycles. The molecular formula is C18H26N6O. The van der Waals surface area contributed by atoms with Gasteiger partial charge < -0.3 is 4.90 Å². The maximum atomic E-state index is 13.0. The van der Waals surface area contributed by atoms with Gasteiger partial charge in [-0.2, -0.15) is 10.2 Å². The predicted molar refractivity (Wildman–Crippen MR) is 95.2 cm³/mol. The van der Waals surface area contributed by atoms with Crippen LogP contribution in [0, 0.1) is 5.92 Å². The van der Waals surface area contributed by atoms with Crippen molar-refractivity contribution in [2.24, 2.45) is 13.0 Å². The van der Waals surface area contributed by atoms with Gasteiger partial charge in [-0.15, -0.1) is 0 Å². The maximum Gasteiger partial charge on any atom is 0.323 e. The van der Waals surface area contributed by atoms with Crippen LogP contribution in [-0.4, -0.2) is 37.0 Å². The summed E-state index contributed by atoms with van der Waals surface area (Å²) in [6.45, 7) is 2.95. The third-order valence-corrected chi connectivity index (χ3v) is 5.56. The van der Waals surface area contributed by atoms with Crippen LogP contribution in [0.25, 0.3) is 0 Å². The van der Waals surface area contributed by atoms with Crippen molar-refractivity contribution >= 4 is 11.8 Å². The highest BCUT2D eigenvalue weighted by Gasteiger charge is 2.33. The van der Waals surface area contributed by atoms with Crippen LogP contribution in [0.2, 0.25) is 0 Å². The Hall–Kier alpha value is -2.31. The number of urea groups is 1. The number of aromatic nitrogens is 4. The van der Waals surface area contributed by atoms with Gasteiger partial charge in [-0.25, -0.2) is 9.48 Å². The highest BCUT2D eigenvalue weighted by atomic mass is 16.2. The minimum absolute atomic E-state index is 0.0457. The average Bonchev–Trinajstić information content (AvgIpc) is 3.23. The summed E-state index contributed by atoms with van der Waals surface area (Å²) in [7, 11) is 1.94. The predicted octanol–water partition coefficient (Wildman–Crippen LogP) is 3.35. The summed E-state index contributed by atoms with van der Waals surface area (Å²) in [6, 6.07) is 4.27. The molecule has 3 heterocycles. The van der Waals surface area contributed by atoms with Gasteiger partial charge in [0.15, 0.2) is 0 Å². The number of likely N-dealkylation sites (tertiary alicyclic amines) is 1. The van der Waals surface area contributed by atoms with Crippen molar-refractivity contribution in [3.05, 3.63) is 30.2 Å². The van der Waals surface area contributed by atoms with Gasteiger partial charge in [0.2, 0.25) is 0 Å². The number of aryl methyl sites for hydroxylation is 1. The summed E-state index contributed by atoms with van der Waals surface area (Å²) < 4.78 is 3.83. The molecule has 1 saturated carbocycles. The Bertz CT molecular complexity index is 746. The average molecular weight is 342 g/mol. The van der Waals surface area contributed by atoms with Crippen molar-refractivity contribution in [2.45, 2.75) is 51.1 Å². The van der Waals surface area contributed by atoms with Crippen molar-refractivity contribution < 1.29 is 4.79 Å². The van der Waals surface area contributed by atoms with Crippen molar-refractivity contribution in [1.29, 1.82) is 0 Å². The molecule has 0 spiro atoms.